The summed E-state index contributed by atoms with van der Waals surface area (Å²) in [5.74, 6) is -0.235. The van der Waals surface area contributed by atoms with Gasteiger partial charge in [-0.1, -0.05) is 42.5 Å². The zero-order valence-electron chi connectivity index (χ0n) is 16.2. The van der Waals surface area contributed by atoms with Crippen molar-refractivity contribution in [1.29, 1.82) is 0 Å². The van der Waals surface area contributed by atoms with Crippen LogP contribution in [0.1, 0.15) is 45.5 Å². The molecule has 142 valence electrons. The van der Waals surface area contributed by atoms with Crippen LogP contribution in [-0.4, -0.2) is 42.8 Å². The SMILES string of the molecule is Cc1cccc(C)c1C(=O)c1ccccc1CN1CCC2(CC1)OCCO2. The third-order valence-electron chi connectivity index (χ3n) is 5.80. The predicted molar refractivity (Wildman–Crippen MR) is 105 cm³/mol. The normalized spacial score (nSPS) is 19.5. The van der Waals surface area contributed by atoms with Crippen LogP contribution in [-0.2, 0) is 16.0 Å². The van der Waals surface area contributed by atoms with Crippen LogP contribution in [0.25, 0.3) is 0 Å². The standard InChI is InChI=1S/C23H27NO3/c1-17-6-5-7-18(2)21(17)22(25)20-9-4-3-8-19(20)16-24-12-10-23(11-13-24)26-14-15-27-23/h3-9H,10-16H2,1-2H3. The zero-order valence-corrected chi connectivity index (χ0v) is 16.2. The van der Waals surface area contributed by atoms with Gasteiger partial charge in [0.05, 0.1) is 13.2 Å². The molecular formula is C23H27NO3. The van der Waals surface area contributed by atoms with E-state index in [2.05, 4.69) is 11.0 Å². The second kappa shape index (κ2) is 7.55. The maximum atomic E-state index is 13.3. The lowest BCUT2D eigenvalue weighted by Crippen LogP contribution is -2.44. The lowest BCUT2D eigenvalue weighted by molar-refractivity contribution is -0.185. The summed E-state index contributed by atoms with van der Waals surface area (Å²) in [5, 5.41) is 0. The van der Waals surface area contributed by atoms with Crippen molar-refractivity contribution in [3.63, 3.8) is 0 Å². The van der Waals surface area contributed by atoms with Gasteiger partial charge in [-0.15, -0.1) is 0 Å². The molecule has 0 saturated carbocycles. The summed E-state index contributed by atoms with van der Waals surface area (Å²) < 4.78 is 11.6. The molecule has 0 aromatic heterocycles. The van der Waals surface area contributed by atoms with Crippen molar-refractivity contribution in [2.24, 2.45) is 0 Å². The second-order valence-corrected chi connectivity index (χ2v) is 7.64. The number of ketones is 1. The van der Waals surface area contributed by atoms with Crippen molar-refractivity contribution in [3.05, 3.63) is 70.3 Å². The highest BCUT2D eigenvalue weighted by Crippen LogP contribution is 2.32. The Morgan fingerprint density at radius 1 is 0.963 bits per heavy atom. The van der Waals surface area contributed by atoms with Gasteiger partial charge in [-0.05, 0) is 30.5 Å². The highest BCUT2D eigenvalue weighted by Gasteiger charge is 2.39. The van der Waals surface area contributed by atoms with E-state index in [9.17, 15) is 4.79 Å². The highest BCUT2D eigenvalue weighted by molar-refractivity contribution is 6.11. The van der Waals surface area contributed by atoms with Crippen molar-refractivity contribution in [3.8, 4) is 0 Å². The van der Waals surface area contributed by atoms with Gasteiger partial charge in [0.15, 0.2) is 11.6 Å². The van der Waals surface area contributed by atoms with Crippen molar-refractivity contribution < 1.29 is 14.3 Å². The van der Waals surface area contributed by atoms with Gasteiger partial charge in [0.25, 0.3) is 0 Å². The molecule has 0 bridgehead atoms. The Labute approximate surface area is 161 Å². The van der Waals surface area contributed by atoms with Crippen LogP contribution < -0.4 is 0 Å². The van der Waals surface area contributed by atoms with E-state index in [1.165, 1.54) is 0 Å². The summed E-state index contributed by atoms with van der Waals surface area (Å²) in [7, 11) is 0. The maximum Gasteiger partial charge on any atom is 0.193 e. The molecule has 1 spiro atoms. The van der Waals surface area contributed by atoms with Gasteiger partial charge in [-0.3, -0.25) is 9.69 Å². The molecule has 0 amide bonds. The molecule has 0 aliphatic carbocycles. The average Bonchev–Trinajstić information content (AvgIpc) is 3.12. The number of aryl methyl sites for hydroxylation is 2. The first-order chi connectivity index (χ1) is 13.1. The van der Waals surface area contributed by atoms with E-state index >= 15 is 0 Å². The number of piperidine rings is 1. The molecular weight excluding hydrogens is 338 g/mol. The van der Waals surface area contributed by atoms with Gasteiger partial charge in [0.1, 0.15) is 0 Å². The van der Waals surface area contributed by atoms with Gasteiger partial charge in [0, 0.05) is 43.6 Å². The van der Waals surface area contributed by atoms with Crippen LogP contribution in [0.3, 0.4) is 0 Å². The number of hydrogen-bond donors (Lipinski definition) is 0. The quantitative estimate of drug-likeness (QED) is 0.771. The molecule has 0 atom stereocenters. The van der Waals surface area contributed by atoms with Crippen LogP contribution in [0, 0.1) is 13.8 Å². The van der Waals surface area contributed by atoms with Gasteiger partial charge >= 0.3 is 0 Å². The Hall–Kier alpha value is -2.01. The summed E-state index contributed by atoms with van der Waals surface area (Å²) >= 11 is 0. The molecule has 2 aliphatic heterocycles. The van der Waals surface area contributed by atoms with E-state index in [4.69, 9.17) is 9.47 Å². The molecule has 2 heterocycles. The van der Waals surface area contributed by atoms with E-state index in [1.807, 2.05) is 50.2 Å². The fourth-order valence-corrected chi connectivity index (χ4v) is 4.27. The Morgan fingerprint density at radius 2 is 1.59 bits per heavy atom. The van der Waals surface area contributed by atoms with Crippen molar-refractivity contribution in [2.75, 3.05) is 26.3 Å². The number of nitrogens with zero attached hydrogens (tertiary/aromatic N) is 1. The van der Waals surface area contributed by atoms with Crippen LogP contribution in [0.5, 0.6) is 0 Å². The van der Waals surface area contributed by atoms with Gasteiger partial charge in [-0.2, -0.15) is 0 Å². The molecule has 0 unspecified atom stereocenters. The fraction of sp³-hybridized carbons (Fsp3) is 0.435. The lowest BCUT2D eigenvalue weighted by Gasteiger charge is -2.37. The molecule has 2 aromatic rings. The zero-order chi connectivity index (χ0) is 18.9. The van der Waals surface area contributed by atoms with E-state index in [0.717, 1.165) is 60.3 Å². The third kappa shape index (κ3) is 3.70. The van der Waals surface area contributed by atoms with Crippen molar-refractivity contribution in [1.82, 2.24) is 4.90 Å². The Bertz CT molecular complexity index is 809. The largest absolute Gasteiger partial charge is 0.347 e. The first-order valence-electron chi connectivity index (χ1n) is 9.77. The Balaban J connectivity index is 1.53. The summed E-state index contributed by atoms with van der Waals surface area (Å²) in [4.78, 5) is 15.7. The molecule has 2 fully saturated rings. The number of hydrogen-bond acceptors (Lipinski definition) is 4. The minimum absolute atomic E-state index is 0.122. The molecule has 0 radical (unpaired) electrons. The number of benzene rings is 2. The van der Waals surface area contributed by atoms with E-state index < -0.39 is 0 Å². The smallest absolute Gasteiger partial charge is 0.193 e. The van der Waals surface area contributed by atoms with Gasteiger partial charge in [0.2, 0.25) is 0 Å². The summed E-state index contributed by atoms with van der Waals surface area (Å²) in [6.07, 6.45) is 1.78. The number of likely N-dealkylation sites (tertiary alicyclic amines) is 1. The Morgan fingerprint density at radius 3 is 2.26 bits per heavy atom. The number of carbonyl (C=O) groups is 1. The maximum absolute atomic E-state index is 13.3. The van der Waals surface area contributed by atoms with E-state index in [1.54, 1.807) is 0 Å². The monoisotopic (exact) mass is 365 g/mol. The molecule has 2 aliphatic rings. The molecule has 27 heavy (non-hydrogen) atoms. The van der Waals surface area contributed by atoms with Gasteiger partial charge in [-0.25, -0.2) is 0 Å². The number of ether oxygens (including phenoxy) is 2. The molecule has 4 nitrogen and oxygen atoms in total. The summed E-state index contributed by atoms with van der Waals surface area (Å²) in [6.45, 7) is 8.05. The van der Waals surface area contributed by atoms with Crippen LogP contribution in [0.15, 0.2) is 42.5 Å². The van der Waals surface area contributed by atoms with Crippen LogP contribution in [0.2, 0.25) is 0 Å². The van der Waals surface area contributed by atoms with Crippen molar-refractivity contribution >= 4 is 5.78 Å². The summed E-state index contributed by atoms with van der Waals surface area (Å²) in [6, 6.07) is 14.0. The third-order valence-corrected chi connectivity index (χ3v) is 5.80. The average molecular weight is 365 g/mol. The molecule has 4 heteroatoms. The fourth-order valence-electron chi connectivity index (χ4n) is 4.27. The molecule has 4 rings (SSSR count). The second-order valence-electron chi connectivity index (χ2n) is 7.64. The van der Waals surface area contributed by atoms with E-state index in [-0.39, 0.29) is 11.6 Å². The number of carbonyl (C=O) groups excluding carboxylic acids is 1. The first kappa shape index (κ1) is 18.4. The lowest BCUT2D eigenvalue weighted by atomic mass is 9.92. The minimum Gasteiger partial charge on any atom is -0.347 e. The van der Waals surface area contributed by atoms with E-state index in [0.29, 0.717) is 13.2 Å². The van der Waals surface area contributed by atoms with Crippen LogP contribution in [0.4, 0.5) is 0 Å². The minimum atomic E-state index is -0.357. The first-order valence-corrected chi connectivity index (χ1v) is 9.77. The highest BCUT2D eigenvalue weighted by atomic mass is 16.7. The van der Waals surface area contributed by atoms with Crippen LogP contribution >= 0.6 is 0 Å². The molecule has 2 aromatic carbocycles. The topological polar surface area (TPSA) is 38.8 Å². The van der Waals surface area contributed by atoms with Gasteiger partial charge < -0.3 is 9.47 Å². The molecule has 2 saturated heterocycles. The predicted octanol–water partition coefficient (Wildman–Crippen LogP) is 3.87. The number of rotatable bonds is 4. The Kier molecular flexibility index (Phi) is 5.13. The van der Waals surface area contributed by atoms with Crippen molar-refractivity contribution in [2.45, 2.75) is 39.0 Å². The summed E-state index contributed by atoms with van der Waals surface area (Å²) in [5.41, 5.74) is 4.80. The molecule has 0 N–H and O–H groups in total.